The van der Waals surface area contributed by atoms with Gasteiger partial charge in [0.05, 0.1) is 5.41 Å². The van der Waals surface area contributed by atoms with E-state index in [0.717, 1.165) is 6.42 Å². The van der Waals surface area contributed by atoms with Gasteiger partial charge in [0.15, 0.2) is 0 Å². The standard InChI is InChI=1S/C73H109NP2/c1-5-9-13-17-21-25-29-33-43-62-47-39-52-67(57-62)73(68-53-40-48-63(58-68)44-34-30-26-22-18-14-10-6-2)71-56-38-37-51-66(71)61-72(73)75-74-76(69-54-41-49-64(59-69)45-35-31-27-23-19-15-11-7-3)70-55-42-50-65(60-70)46-36-32-28-24-20-16-12-8-4/h37-42,47-60,72,74-75H,5-36,43-46,61H2,1-4H3. The minimum atomic E-state index is -0.800. The van der Waals surface area contributed by atoms with Gasteiger partial charge in [-0.25, -0.2) is 0 Å². The zero-order chi connectivity index (χ0) is 53.1. The molecule has 0 fully saturated rings. The van der Waals surface area contributed by atoms with Gasteiger partial charge in [0.1, 0.15) is 0 Å². The lowest BCUT2D eigenvalue weighted by Gasteiger charge is -2.39. The summed E-state index contributed by atoms with van der Waals surface area (Å²) >= 11 is 0. The van der Waals surface area contributed by atoms with Gasteiger partial charge < -0.3 is 0 Å². The van der Waals surface area contributed by atoms with Crippen LogP contribution in [-0.4, -0.2) is 5.66 Å². The molecule has 2 atom stereocenters. The second-order valence-electron chi connectivity index (χ2n) is 23.5. The van der Waals surface area contributed by atoms with Crippen LogP contribution in [0, 0.1) is 0 Å². The number of aryl methyl sites for hydroxylation is 4. The Bertz CT molecular complexity index is 2150. The van der Waals surface area contributed by atoms with Crippen LogP contribution in [0.1, 0.15) is 278 Å². The largest absolute Gasteiger partial charge is 0.269 e. The molecule has 0 spiro atoms. The average Bonchev–Trinajstić information content (AvgIpc) is 3.82. The summed E-state index contributed by atoms with van der Waals surface area (Å²) in [5, 5.41) is 2.98. The SMILES string of the molecule is CCCCCCCCCCc1cccc(P(NPC2Cc3ccccc3C2(c2cccc(CCCCCCCCCC)c2)c2cccc(CCCCCCCCCC)c2)c2cccc(CCCCCCCCCC)c2)c1. The van der Waals surface area contributed by atoms with Crippen LogP contribution >= 0.6 is 16.8 Å². The van der Waals surface area contributed by atoms with E-state index in [2.05, 4.69) is 154 Å². The molecule has 0 aliphatic heterocycles. The third-order valence-electron chi connectivity index (χ3n) is 17.1. The minimum Gasteiger partial charge on any atom is -0.269 e. The zero-order valence-electron chi connectivity index (χ0n) is 49.2. The van der Waals surface area contributed by atoms with Crippen molar-refractivity contribution in [2.75, 3.05) is 0 Å². The smallest absolute Gasteiger partial charge is 0.0534 e. The van der Waals surface area contributed by atoms with Gasteiger partial charge in [0.25, 0.3) is 0 Å². The Morgan fingerprint density at radius 1 is 0.368 bits per heavy atom. The molecule has 5 aromatic carbocycles. The van der Waals surface area contributed by atoms with E-state index in [0.29, 0.717) is 14.4 Å². The Balaban J connectivity index is 1.30. The molecular formula is C73H109NP2. The predicted octanol–water partition coefficient (Wildman–Crippen LogP) is 21.9. The molecule has 0 bridgehead atoms. The summed E-state index contributed by atoms with van der Waals surface area (Å²) in [4.78, 5) is 4.53. The van der Waals surface area contributed by atoms with Crippen LogP contribution < -0.4 is 15.5 Å². The molecule has 3 heteroatoms. The molecule has 0 saturated carbocycles. The highest BCUT2D eigenvalue weighted by Crippen LogP contribution is 2.56. The fourth-order valence-electron chi connectivity index (χ4n) is 12.6. The molecule has 6 rings (SSSR count). The summed E-state index contributed by atoms with van der Waals surface area (Å²) < 4.78 is 0. The molecule has 76 heavy (non-hydrogen) atoms. The Morgan fingerprint density at radius 3 is 1.08 bits per heavy atom. The molecule has 1 nitrogen and oxygen atoms in total. The van der Waals surface area contributed by atoms with Gasteiger partial charge in [-0.1, -0.05) is 317 Å². The third-order valence-corrected chi connectivity index (χ3v) is 21.1. The van der Waals surface area contributed by atoms with E-state index in [1.165, 1.54) is 286 Å². The van der Waals surface area contributed by atoms with Crippen LogP contribution in [-0.2, 0) is 37.5 Å². The molecule has 0 radical (unpaired) electrons. The first-order chi connectivity index (χ1) is 37.6. The van der Waals surface area contributed by atoms with Crippen molar-refractivity contribution in [3.05, 3.63) is 166 Å². The van der Waals surface area contributed by atoms with Gasteiger partial charge in [-0.15, -0.1) is 0 Å². The first-order valence-electron chi connectivity index (χ1n) is 32.4. The van der Waals surface area contributed by atoms with E-state index in [1.807, 2.05) is 0 Å². The Labute approximate surface area is 471 Å². The van der Waals surface area contributed by atoms with Gasteiger partial charge in [-0.3, -0.25) is 4.86 Å². The second kappa shape index (κ2) is 37.7. The molecule has 2 unspecified atom stereocenters. The van der Waals surface area contributed by atoms with Gasteiger partial charge in [-0.05, 0) is 134 Å². The van der Waals surface area contributed by atoms with E-state index >= 15 is 0 Å². The van der Waals surface area contributed by atoms with Crippen LogP contribution in [0.3, 0.4) is 0 Å². The molecule has 1 N–H and O–H groups in total. The van der Waals surface area contributed by atoms with E-state index < -0.39 is 8.07 Å². The maximum Gasteiger partial charge on any atom is 0.0534 e. The molecule has 0 saturated heterocycles. The highest BCUT2D eigenvalue weighted by molar-refractivity contribution is 7.76. The second-order valence-corrected chi connectivity index (χ2v) is 27.0. The summed E-state index contributed by atoms with van der Waals surface area (Å²) in [6.45, 7) is 9.29. The van der Waals surface area contributed by atoms with Crippen molar-refractivity contribution in [1.29, 1.82) is 0 Å². The molecule has 416 valence electrons. The van der Waals surface area contributed by atoms with Crippen LogP contribution in [0.25, 0.3) is 0 Å². The summed E-state index contributed by atoms with van der Waals surface area (Å²) in [7, 11) is -0.217. The maximum absolute atomic E-state index is 4.53. The Morgan fingerprint density at radius 2 is 0.697 bits per heavy atom. The van der Waals surface area contributed by atoms with Crippen molar-refractivity contribution < 1.29 is 0 Å². The predicted molar refractivity (Wildman–Crippen MR) is 342 cm³/mol. The number of benzene rings is 5. The number of fused-ring (bicyclic) bond motifs is 1. The maximum atomic E-state index is 4.53. The van der Waals surface area contributed by atoms with Gasteiger partial charge in [0.2, 0.25) is 0 Å². The summed E-state index contributed by atoms with van der Waals surface area (Å²) in [6.07, 6.45) is 49.4. The van der Waals surface area contributed by atoms with E-state index in [1.54, 1.807) is 0 Å². The van der Waals surface area contributed by atoms with E-state index in [4.69, 9.17) is 0 Å². The van der Waals surface area contributed by atoms with Crippen LogP contribution in [0.15, 0.2) is 121 Å². The molecule has 5 aromatic rings. The number of unbranched alkanes of at least 4 members (excludes halogenated alkanes) is 28. The van der Waals surface area contributed by atoms with Crippen LogP contribution in [0.5, 0.6) is 0 Å². The number of hydrogen-bond acceptors (Lipinski definition) is 1. The van der Waals surface area contributed by atoms with Gasteiger partial charge in [0, 0.05) is 13.7 Å². The average molecular weight is 1060 g/mol. The first-order valence-corrected chi connectivity index (χ1v) is 34.8. The lowest BCUT2D eigenvalue weighted by atomic mass is 9.69. The third kappa shape index (κ3) is 20.9. The summed E-state index contributed by atoms with van der Waals surface area (Å²) in [6, 6.07) is 49.4. The minimum absolute atomic E-state index is 0.246. The topological polar surface area (TPSA) is 12.0 Å². The van der Waals surface area contributed by atoms with Gasteiger partial charge >= 0.3 is 0 Å². The quantitative estimate of drug-likeness (QED) is 0.0303. The Hall–Kier alpha value is -3.08. The van der Waals surface area contributed by atoms with Crippen LogP contribution in [0.2, 0.25) is 0 Å². The zero-order valence-corrected chi connectivity index (χ0v) is 51.1. The monoisotopic (exact) mass is 1060 g/mol. The lowest BCUT2D eigenvalue weighted by Crippen LogP contribution is -2.38. The molecule has 0 amide bonds. The van der Waals surface area contributed by atoms with Gasteiger partial charge in [-0.2, -0.15) is 0 Å². The van der Waals surface area contributed by atoms with Crippen molar-refractivity contribution in [1.82, 2.24) is 4.86 Å². The van der Waals surface area contributed by atoms with Crippen molar-refractivity contribution >= 4 is 27.4 Å². The Kier molecular flexibility index (Phi) is 30.8. The highest BCUT2D eigenvalue weighted by atomic mass is 31.2. The summed E-state index contributed by atoms with van der Waals surface area (Å²) in [5.41, 5.74) is 12.3. The van der Waals surface area contributed by atoms with E-state index in [-0.39, 0.29) is 5.41 Å². The molecule has 1 aliphatic rings. The van der Waals surface area contributed by atoms with Crippen LogP contribution in [0.4, 0.5) is 0 Å². The van der Waals surface area contributed by atoms with Crippen molar-refractivity contribution in [2.24, 2.45) is 0 Å². The summed E-state index contributed by atoms with van der Waals surface area (Å²) in [5.74, 6) is 0. The number of rotatable bonds is 43. The molecule has 1 aliphatic carbocycles. The fraction of sp³-hybridized carbons (Fsp3) is 0.589. The number of hydrogen-bond donors (Lipinski definition) is 1. The van der Waals surface area contributed by atoms with Crippen molar-refractivity contribution in [2.45, 2.75) is 276 Å². The first kappa shape index (κ1) is 62.1. The lowest BCUT2D eigenvalue weighted by molar-refractivity contribution is 0.574. The molecule has 0 heterocycles. The van der Waals surface area contributed by atoms with Crippen molar-refractivity contribution in [3.8, 4) is 0 Å². The van der Waals surface area contributed by atoms with Crippen molar-refractivity contribution in [3.63, 3.8) is 0 Å². The fourth-order valence-corrected chi connectivity index (χ4v) is 17.2. The molecular weight excluding hydrogens is 953 g/mol. The highest BCUT2D eigenvalue weighted by Gasteiger charge is 2.49. The van der Waals surface area contributed by atoms with E-state index in [9.17, 15) is 0 Å². The molecule has 0 aromatic heterocycles. The normalized spacial score (nSPS) is 14.1. The number of nitrogens with one attached hydrogen (secondary N) is 1.